The van der Waals surface area contributed by atoms with Crippen LogP contribution in [0.4, 0.5) is 5.69 Å². The highest BCUT2D eigenvalue weighted by molar-refractivity contribution is 5.88. The quantitative estimate of drug-likeness (QED) is 0.611. The van der Waals surface area contributed by atoms with Crippen LogP contribution >= 0.6 is 0 Å². The molecule has 0 aromatic heterocycles. The van der Waals surface area contributed by atoms with E-state index in [1.165, 1.54) is 19.2 Å². The average Bonchev–Trinajstić information content (AvgIpc) is 2.04. The van der Waals surface area contributed by atoms with Crippen LogP contribution in [0.25, 0.3) is 0 Å². The second-order valence-corrected chi connectivity index (χ2v) is 2.44. The minimum absolute atomic E-state index is 0.127. The van der Waals surface area contributed by atoms with Crippen LogP contribution < -0.4 is 5.06 Å². The molecule has 0 amide bonds. The van der Waals surface area contributed by atoms with Gasteiger partial charge in [-0.1, -0.05) is 6.07 Å². The molecule has 4 nitrogen and oxygen atoms in total. The molecule has 1 atom stereocenters. The number of benzene rings is 1. The molecule has 1 aromatic rings. The maximum atomic E-state index is 10.8. The zero-order valence-corrected chi connectivity index (χ0v) is 6.57. The standard InChI is InChI=1S/C8H9NO3/c1-9(12)7-4-2-3-6(5-7)8(10)11/h2-5,9H,1H3,(H,10,11). The summed E-state index contributed by atoms with van der Waals surface area (Å²) in [7, 11) is 1.40. The van der Waals surface area contributed by atoms with Crippen LogP contribution in [0.2, 0.25) is 0 Å². The van der Waals surface area contributed by atoms with Gasteiger partial charge in [0, 0.05) is 6.07 Å². The number of hydroxylamine groups is 1. The van der Waals surface area contributed by atoms with Gasteiger partial charge in [0.2, 0.25) is 0 Å². The van der Waals surface area contributed by atoms with Gasteiger partial charge in [-0.25, -0.2) is 4.79 Å². The van der Waals surface area contributed by atoms with Gasteiger partial charge < -0.3 is 15.4 Å². The first-order valence-corrected chi connectivity index (χ1v) is 3.45. The largest absolute Gasteiger partial charge is 0.629 e. The number of nitrogens with one attached hydrogen (secondary N) is 1. The Morgan fingerprint density at radius 1 is 1.58 bits per heavy atom. The number of hydrogen-bond donors (Lipinski definition) is 2. The molecule has 1 unspecified atom stereocenters. The molecule has 1 aromatic carbocycles. The number of carbonyl (C=O) groups is 1. The first-order chi connectivity index (χ1) is 5.61. The lowest BCUT2D eigenvalue weighted by Gasteiger charge is -2.15. The van der Waals surface area contributed by atoms with Crippen LogP contribution in [-0.2, 0) is 0 Å². The molecule has 0 saturated heterocycles. The third-order valence-electron chi connectivity index (χ3n) is 1.52. The summed E-state index contributed by atoms with van der Waals surface area (Å²) >= 11 is 0. The van der Waals surface area contributed by atoms with E-state index in [4.69, 9.17) is 5.11 Å². The van der Waals surface area contributed by atoms with Crippen molar-refractivity contribution >= 4 is 11.7 Å². The fraction of sp³-hybridized carbons (Fsp3) is 0.125. The van der Waals surface area contributed by atoms with Gasteiger partial charge in [-0.05, 0) is 12.1 Å². The van der Waals surface area contributed by atoms with Gasteiger partial charge in [0.25, 0.3) is 0 Å². The summed E-state index contributed by atoms with van der Waals surface area (Å²) < 4.78 is 0. The van der Waals surface area contributed by atoms with Crippen molar-refractivity contribution in [1.82, 2.24) is 0 Å². The highest BCUT2D eigenvalue weighted by atomic mass is 16.5. The molecule has 0 radical (unpaired) electrons. The van der Waals surface area contributed by atoms with Gasteiger partial charge in [0.1, 0.15) is 5.69 Å². The minimum atomic E-state index is -1.02. The number of carboxylic acid groups (broad SMARTS) is 1. The van der Waals surface area contributed by atoms with Gasteiger partial charge >= 0.3 is 5.97 Å². The Hall–Kier alpha value is -1.39. The first kappa shape index (κ1) is 8.70. The van der Waals surface area contributed by atoms with E-state index in [0.29, 0.717) is 5.69 Å². The van der Waals surface area contributed by atoms with Gasteiger partial charge in [0.15, 0.2) is 0 Å². The van der Waals surface area contributed by atoms with Crippen LogP contribution in [0.5, 0.6) is 0 Å². The van der Waals surface area contributed by atoms with Crippen LogP contribution in [0.1, 0.15) is 10.4 Å². The van der Waals surface area contributed by atoms with Gasteiger partial charge in [-0.3, -0.25) is 0 Å². The van der Waals surface area contributed by atoms with Gasteiger partial charge in [-0.15, -0.1) is 0 Å². The molecule has 0 aliphatic carbocycles. The maximum Gasteiger partial charge on any atom is 0.335 e. The van der Waals surface area contributed by atoms with Gasteiger partial charge in [0.05, 0.1) is 12.6 Å². The average molecular weight is 167 g/mol. The third-order valence-corrected chi connectivity index (χ3v) is 1.52. The van der Waals surface area contributed by atoms with Crippen LogP contribution in [0, 0.1) is 5.21 Å². The number of hydrogen-bond acceptors (Lipinski definition) is 2. The Labute approximate surface area is 69.6 Å². The topological polar surface area (TPSA) is 64.8 Å². The van der Waals surface area contributed by atoms with E-state index in [-0.39, 0.29) is 10.6 Å². The molecule has 0 bridgehead atoms. The molecule has 64 valence electrons. The summed E-state index contributed by atoms with van der Waals surface area (Å²) in [6.07, 6.45) is 0. The zero-order valence-electron chi connectivity index (χ0n) is 6.57. The third kappa shape index (κ3) is 1.81. The Kier molecular flexibility index (Phi) is 2.42. The molecule has 1 rings (SSSR count). The highest BCUT2D eigenvalue weighted by Gasteiger charge is 2.04. The van der Waals surface area contributed by atoms with E-state index >= 15 is 0 Å². The molecule has 0 heterocycles. The Morgan fingerprint density at radius 3 is 2.75 bits per heavy atom. The molecule has 0 fully saturated rings. The number of quaternary nitrogens is 1. The van der Waals surface area contributed by atoms with Gasteiger partial charge in [-0.2, -0.15) is 0 Å². The van der Waals surface area contributed by atoms with E-state index in [2.05, 4.69) is 0 Å². The Morgan fingerprint density at radius 2 is 2.25 bits per heavy atom. The van der Waals surface area contributed by atoms with Crippen molar-refractivity contribution < 1.29 is 15.0 Å². The SMILES string of the molecule is C[NH+]([O-])c1cccc(C(=O)O)c1. The highest BCUT2D eigenvalue weighted by Crippen LogP contribution is 2.05. The molecule has 4 heteroatoms. The summed E-state index contributed by atoms with van der Waals surface area (Å²) in [4.78, 5) is 10.5. The van der Waals surface area contributed by atoms with Crippen LogP contribution in [0.3, 0.4) is 0 Å². The van der Waals surface area contributed by atoms with Crippen molar-refractivity contribution in [2.45, 2.75) is 0 Å². The normalized spacial score (nSPS) is 12.5. The summed E-state index contributed by atoms with van der Waals surface area (Å²) in [6, 6.07) is 5.97. The molecule has 12 heavy (non-hydrogen) atoms. The van der Waals surface area contributed by atoms with E-state index in [0.717, 1.165) is 0 Å². The number of carboxylic acids is 1. The first-order valence-electron chi connectivity index (χ1n) is 3.45. The number of rotatable bonds is 2. The summed E-state index contributed by atoms with van der Waals surface area (Å²) in [5.74, 6) is -1.02. The fourth-order valence-electron chi connectivity index (χ4n) is 0.871. The Bertz CT molecular complexity index is 296. The van der Waals surface area contributed by atoms with E-state index in [1.807, 2.05) is 0 Å². The molecular formula is C8H9NO3. The molecular weight excluding hydrogens is 158 g/mol. The molecule has 0 aliphatic heterocycles. The zero-order chi connectivity index (χ0) is 9.14. The summed E-state index contributed by atoms with van der Waals surface area (Å²) in [5, 5.41) is 19.3. The maximum absolute atomic E-state index is 10.8. The molecule has 2 N–H and O–H groups in total. The predicted molar refractivity (Wildman–Crippen MR) is 43.3 cm³/mol. The Balaban J connectivity index is 3.04. The van der Waals surface area contributed by atoms with Crippen molar-refractivity contribution in [3.8, 4) is 0 Å². The number of aromatic carboxylic acids is 1. The van der Waals surface area contributed by atoms with Crippen LogP contribution in [-0.4, -0.2) is 18.1 Å². The minimum Gasteiger partial charge on any atom is -0.629 e. The lowest BCUT2D eigenvalue weighted by atomic mass is 10.2. The second-order valence-electron chi connectivity index (χ2n) is 2.44. The summed E-state index contributed by atoms with van der Waals surface area (Å²) in [6.45, 7) is 0. The molecule has 0 saturated carbocycles. The van der Waals surface area contributed by atoms with Crippen molar-refractivity contribution in [3.63, 3.8) is 0 Å². The lowest BCUT2D eigenvalue weighted by molar-refractivity contribution is -0.751. The summed E-state index contributed by atoms with van der Waals surface area (Å²) in [5.41, 5.74) is 0.567. The van der Waals surface area contributed by atoms with E-state index in [9.17, 15) is 10.0 Å². The predicted octanol–water partition coefficient (Wildman–Crippen LogP) is 0.0288. The van der Waals surface area contributed by atoms with Crippen molar-refractivity contribution in [2.24, 2.45) is 0 Å². The smallest absolute Gasteiger partial charge is 0.335 e. The van der Waals surface area contributed by atoms with Crippen molar-refractivity contribution in [1.29, 1.82) is 0 Å². The molecule has 0 spiro atoms. The second kappa shape index (κ2) is 3.34. The van der Waals surface area contributed by atoms with Crippen molar-refractivity contribution in [2.75, 3.05) is 7.05 Å². The monoisotopic (exact) mass is 167 g/mol. The molecule has 0 aliphatic rings. The lowest BCUT2D eigenvalue weighted by Crippen LogP contribution is -2.98. The van der Waals surface area contributed by atoms with Crippen molar-refractivity contribution in [3.05, 3.63) is 35.0 Å². The fourth-order valence-corrected chi connectivity index (χ4v) is 0.871. The van der Waals surface area contributed by atoms with Crippen LogP contribution in [0.15, 0.2) is 24.3 Å². The van der Waals surface area contributed by atoms with E-state index < -0.39 is 5.97 Å². The van der Waals surface area contributed by atoms with E-state index in [1.54, 1.807) is 12.1 Å².